The smallest absolute Gasteiger partial charge is 0.134 e. The Kier molecular flexibility index (Phi) is 4.10. The lowest BCUT2D eigenvalue weighted by molar-refractivity contribution is 0.475. The van der Waals surface area contributed by atoms with Gasteiger partial charge in [-0.15, -0.1) is 0 Å². The number of halogens is 1. The lowest BCUT2D eigenvalue weighted by atomic mass is 10.1. The third kappa shape index (κ3) is 2.96. The molecule has 2 rings (SSSR count). The van der Waals surface area contributed by atoms with Crippen LogP contribution < -0.4 is 0 Å². The number of rotatable bonds is 4. The van der Waals surface area contributed by atoms with Crippen LogP contribution in [0.1, 0.15) is 19.8 Å². The molecule has 0 saturated heterocycles. The fraction of sp³-hybridized carbons (Fsp3) is 0.308. The maximum absolute atomic E-state index is 9.30. The number of aromatic hydroxyl groups is 1. The van der Waals surface area contributed by atoms with Crippen molar-refractivity contribution in [3.63, 3.8) is 0 Å². The van der Waals surface area contributed by atoms with Crippen molar-refractivity contribution < 1.29 is 5.11 Å². The molecule has 0 amide bonds. The van der Waals surface area contributed by atoms with Crippen molar-refractivity contribution >= 4 is 23.5 Å². The number of azo groups is 1. The highest BCUT2D eigenvalue weighted by atomic mass is 35.5. The molecule has 0 saturated carbocycles. The van der Waals surface area contributed by atoms with Gasteiger partial charge in [-0.1, -0.05) is 24.9 Å². The molecule has 0 aromatic heterocycles. The van der Waals surface area contributed by atoms with Gasteiger partial charge in [-0.05, 0) is 30.7 Å². The number of hydrogen-bond donors (Lipinski definition) is 1. The summed E-state index contributed by atoms with van der Waals surface area (Å²) < 4.78 is 0. The van der Waals surface area contributed by atoms with Crippen LogP contribution in [0.3, 0.4) is 0 Å². The molecule has 0 bridgehead atoms. The summed E-state index contributed by atoms with van der Waals surface area (Å²) >= 11 is 5.80. The van der Waals surface area contributed by atoms with E-state index in [-0.39, 0.29) is 16.8 Å². The van der Waals surface area contributed by atoms with Gasteiger partial charge in [-0.2, -0.15) is 10.2 Å². The second-order valence-electron chi connectivity index (χ2n) is 4.03. The van der Waals surface area contributed by atoms with Crippen molar-refractivity contribution in [1.82, 2.24) is 0 Å². The zero-order valence-electron chi connectivity index (χ0n) is 10.0. The average Bonchev–Trinajstić information content (AvgIpc) is 2.79. The van der Waals surface area contributed by atoms with Gasteiger partial charge < -0.3 is 5.11 Å². The van der Waals surface area contributed by atoms with E-state index in [1.165, 1.54) is 6.07 Å². The van der Waals surface area contributed by atoms with Gasteiger partial charge in [0, 0.05) is 6.21 Å². The van der Waals surface area contributed by atoms with Gasteiger partial charge in [0.05, 0.1) is 22.4 Å². The van der Waals surface area contributed by atoms with Gasteiger partial charge >= 0.3 is 0 Å². The Morgan fingerprint density at radius 2 is 2.22 bits per heavy atom. The second kappa shape index (κ2) is 5.78. The first kappa shape index (κ1) is 12.8. The summed E-state index contributed by atoms with van der Waals surface area (Å²) in [5, 5.41) is 17.9. The zero-order chi connectivity index (χ0) is 13.0. The van der Waals surface area contributed by atoms with E-state index in [9.17, 15) is 5.11 Å². The molecule has 1 aliphatic heterocycles. The molecule has 1 aliphatic rings. The monoisotopic (exact) mass is 263 g/mol. The van der Waals surface area contributed by atoms with Crippen LogP contribution in [0.15, 0.2) is 45.2 Å². The fourth-order valence-corrected chi connectivity index (χ4v) is 1.85. The van der Waals surface area contributed by atoms with Crippen LogP contribution in [0.4, 0.5) is 5.69 Å². The van der Waals surface area contributed by atoms with Crippen molar-refractivity contribution in [1.29, 1.82) is 0 Å². The quantitative estimate of drug-likeness (QED) is 0.811. The molecule has 4 nitrogen and oxygen atoms in total. The molecule has 5 heteroatoms. The second-order valence-corrected chi connectivity index (χ2v) is 4.44. The van der Waals surface area contributed by atoms with Crippen molar-refractivity contribution in [2.24, 2.45) is 15.2 Å². The van der Waals surface area contributed by atoms with Gasteiger partial charge in [0.25, 0.3) is 0 Å². The van der Waals surface area contributed by atoms with E-state index in [1.807, 2.05) is 6.08 Å². The molecule has 0 fully saturated rings. The largest absolute Gasteiger partial charge is 0.506 e. The highest BCUT2D eigenvalue weighted by Gasteiger charge is 2.14. The summed E-state index contributed by atoms with van der Waals surface area (Å²) in [5.41, 5.74) is 1.47. The van der Waals surface area contributed by atoms with E-state index >= 15 is 0 Å². The fourth-order valence-electron chi connectivity index (χ4n) is 1.68. The van der Waals surface area contributed by atoms with Gasteiger partial charge in [0.15, 0.2) is 0 Å². The van der Waals surface area contributed by atoms with E-state index in [2.05, 4.69) is 22.1 Å². The van der Waals surface area contributed by atoms with Gasteiger partial charge in [-0.3, -0.25) is 4.99 Å². The number of phenolic OH excluding ortho intramolecular Hbond substituents is 1. The maximum Gasteiger partial charge on any atom is 0.134 e. The normalized spacial score (nSPS) is 18.6. The molecular weight excluding hydrogens is 250 g/mol. The number of allylic oxidation sites excluding steroid dienone is 1. The topological polar surface area (TPSA) is 57.3 Å². The molecule has 0 spiro atoms. The molecule has 0 radical (unpaired) electrons. The number of nitrogens with zero attached hydrogens (tertiary/aromatic N) is 3. The average molecular weight is 264 g/mol. The number of benzene rings is 1. The SMILES string of the molecule is CCCC1N=CC=C1/N=N/c1ccc(O)c(Cl)c1. The highest BCUT2D eigenvalue weighted by molar-refractivity contribution is 6.32. The lowest BCUT2D eigenvalue weighted by Crippen LogP contribution is -2.01. The van der Waals surface area contributed by atoms with Crippen LogP contribution >= 0.6 is 11.6 Å². The number of aliphatic imine (C=N–C) groups is 1. The zero-order valence-corrected chi connectivity index (χ0v) is 10.8. The minimum absolute atomic E-state index is 0.0443. The summed E-state index contributed by atoms with van der Waals surface area (Å²) in [7, 11) is 0. The summed E-state index contributed by atoms with van der Waals surface area (Å²) in [5.74, 6) is 0.0443. The molecule has 18 heavy (non-hydrogen) atoms. The van der Waals surface area contributed by atoms with Crippen LogP contribution in [0, 0.1) is 0 Å². The molecule has 1 atom stereocenters. The summed E-state index contributed by atoms with van der Waals surface area (Å²) in [6.45, 7) is 2.11. The van der Waals surface area contributed by atoms with Crippen LogP contribution in [0.25, 0.3) is 0 Å². The Morgan fingerprint density at radius 1 is 1.39 bits per heavy atom. The van der Waals surface area contributed by atoms with Crippen molar-refractivity contribution in [2.75, 3.05) is 0 Å². The van der Waals surface area contributed by atoms with E-state index in [4.69, 9.17) is 11.6 Å². The number of phenols is 1. The number of hydrogen-bond acceptors (Lipinski definition) is 4. The van der Waals surface area contributed by atoms with Crippen molar-refractivity contribution in [3.8, 4) is 5.75 Å². The Morgan fingerprint density at radius 3 is 2.94 bits per heavy atom. The van der Waals surface area contributed by atoms with Crippen LogP contribution in [0.5, 0.6) is 5.75 Å². The van der Waals surface area contributed by atoms with Gasteiger partial charge in [0.1, 0.15) is 5.75 Å². The molecule has 0 aliphatic carbocycles. The van der Waals surface area contributed by atoms with Crippen molar-refractivity contribution in [2.45, 2.75) is 25.8 Å². The minimum Gasteiger partial charge on any atom is -0.506 e. The Labute approximate surface area is 111 Å². The maximum atomic E-state index is 9.30. The third-order valence-corrected chi connectivity index (χ3v) is 2.93. The third-order valence-electron chi connectivity index (χ3n) is 2.63. The Hall–Kier alpha value is -1.68. The standard InChI is InChI=1S/C13H14ClN3O/c1-2-3-11-12(6-7-15-11)17-16-9-4-5-13(18)10(14)8-9/h4-8,11,18H,2-3H2,1H3/b17-16+. The molecule has 1 aromatic rings. The van der Waals surface area contributed by atoms with E-state index in [0.29, 0.717) is 5.69 Å². The molecule has 1 N–H and O–H groups in total. The molecular formula is C13H14ClN3O. The van der Waals surface area contributed by atoms with E-state index in [0.717, 1.165) is 18.5 Å². The molecule has 1 unspecified atom stereocenters. The minimum atomic E-state index is 0.0443. The van der Waals surface area contributed by atoms with Crippen LogP contribution in [-0.2, 0) is 0 Å². The first-order chi connectivity index (χ1) is 8.70. The van der Waals surface area contributed by atoms with Crippen LogP contribution in [-0.4, -0.2) is 17.4 Å². The first-order valence-corrected chi connectivity index (χ1v) is 6.22. The molecule has 94 valence electrons. The Balaban J connectivity index is 2.09. The van der Waals surface area contributed by atoms with Crippen molar-refractivity contribution in [3.05, 3.63) is 35.0 Å². The summed E-state index contributed by atoms with van der Waals surface area (Å²) in [4.78, 5) is 4.31. The summed E-state index contributed by atoms with van der Waals surface area (Å²) in [6.07, 6.45) is 5.65. The van der Waals surface area contributed by atoms with E-state index in [1.54, 1.807) is 18.3 Å². The van der Waals surface area contributed by atoms with Gasteiger partial charge in [0.2, 0.25) is 0 Å². The van der Waals surface area contributed by atoms with E-state index < -0.39 is 0 Å². The molecule has 1 heterocycles. The van der Waals surface area contributed by atoms with Gasteiger partial charge in [-0.25, -0.2) is 0 Å². The molecule has 1 aromatic carbocycles. The summed E-state index contributed by atoms with van der Waals surface area (Å²) in [6, 6.07) is 4.85. The first-order valence-electron chi connectivity index (χ1n) is 5.84. The predicted octanol–water partition coefficient (Wildman–Crippen LogP) is 4.27. The Bertz CT molecular complexity index is 523. The van der Waals surface area contributed by atoms with Crippen LogP contribution in [0.2, 0.25) is 5.02 Å². The predicted molar refractivity (Wildman–Crippen MR) is 72.9 cm³/mol. The lowest BCUT2D eigenvalue weighted by Gasteiger charge is -2.05. The highest BCUT2D eigenvalue weighted by Crippen LogP contribution is 2.28.